The van der Waals surface area contributed by atoms with Crippen LogP contribution in [0.3, 0.4) is 0 Å². The zero-order chi connectivity index (χ0) is 14.7. The molecule has 0 spiro atoms. The van der Waals surface area contributed by atoms with E-state index in [1.807, 2.05) is 0 Å². The number of likely N-dealkylation sites (N-methyl/N-ethyl adjacent to an activating group) is 1. The van der Waals surface area contributed by atoms with Gasteiger partial charge in [-0.3, -0.25) is 0 Å². The molecule has 0 bridgehead atoms. The summed E-state index contributed by atoms with van der Waals surface area (Å²) in [4.78, 5) is 2.51. The van der Waals surface area contributed by atoms with Crippen LogP contribution in [0, 0.1) is 0 Å². The van der Waals surface area contributed by atoms with Crippen LogP contribution < -0.4 is 14.8 Å². The van der Waals surface area contributed by atoms with E-state index in [1.54, 1.807) is 0 Å². The van der Waals surface area contributed by atoms with Crippen molar-refractivity contribution >= 4 is 15.9 Å². The number of hydrogen-bond acceptors (Lipinski definition) is 4. The first-order valence-corrected chi connectivity index (χ1v) is 8.59. The van der Waals surface area contributed by atoms with Gasteiger partial charge in [-0.05, 0) is 59.6 Å². The maximum absolute atomic E-state index is 5.68. The van der Waals surface area contributed by atoms with Crippen molar-refractivity contribution in [3.05, 3.63) is 22.2 Å². The summed E-state index contributed by atoms with van der Waals surface area (Å²) >= 11 is 3.58. The molecule has 4 nitrogen and oxygen atoms in total. The number of hydrogen-bond donors (Lipinski definition) is 1. The molecule has 0 saturated carbocycles. The summed E-state index contributed by atoms with van der Waals surface area (Å²) in [6.45, 7) is 7.90. The van der Waals surface area contributed by atoms with Crippen molar-refractivity contribution in [1.82, 2.24) is 10.2 Å². The van der Waals surface area contributed by atoms with Gasteiger partial charge in [-0.25, -0.2) is 0 Å². The van der Waals surface area contributed by atoms with Gasteiger partial charge in [0.25, 0.3) is 0 Å². The molecule has 1 saturated heterocycles. The summed E-state index contributed by atoms with van der Waals surface area (Å²) in [5.74, 6) is 1.69. The van der Waals surface area contributed by atoms with E-state index in [0.29, 0.717) is 19.3 Å². The van der Waals surface area contributed by atoms with Gasteiger partial charge in [0.1, 0.15) is 13.2 Å². The molecule has 1 aromatic rings. The Kier molecular flexibility index (Phi) is 5.03. The highest BCUT2D eigenvalue weighted by Crippen LogP contribution is 2.38. The standard InChI is InChI=1S/C16H23BrN2O2/c1-2-19-5-3-4-13(11-19)18-10-12-8-14(17)16-15(9-12)20-6-7-21-16/h8-9,13,18H,2-7,10-11H2,1H3. The Morgan fingerprint density at radius 3 is 3.05 bits per heavy atom. The van der Waals surface area contributed by atoms with Crippen molar-refractivity contribution < 1.29 is 9.47 Å². The topological polar surface area (TPSA) is 33.7 Å². The third-order valence-electron chi connectivity index (χ3n) is 4.20. The molecule has 5 heteroatoms. The van der Waals surface area contributed by atoms with Gasteiger partial charge in [0.15, 0.2) is 11.5 Å². The second kappa shape index (κ2) is 6.99. The van der Waals surface area contributed by atoms with Crippen molar-refractivity contribution in [2.45, 2.75) is 32.4 Å². The highest BCUT2D eigenvalue weighted by molar-refractivity contribution is 9.10. The molecule has 1 N–H and O–H groups in total. The van der Waals surface area contributed by atoms with E-state index in [0.717, 1.165) is 35.6 Å². The van der Waals surface area contributed by atoms with E-state index in [9.17, 15) is 0 Å². The van der Waals surface area contributed by atoms with Crippen molar-refractivity contribution in [3.63, 3.8) is 0 Å². The molecule has 0 aliphatic carbocycles. The first-order valence-electron chi connectivity index (χ1n) is 7.80. The van der Waals surface area contributed by atoms with Gasteiger partial charge in [0.2, 0.25) is 0 Å². The number of ether oxygens (including phenoxy) is 2. The van der Waals surface area contributed by atoms with Crippen LogP contribution in [-0.4, -0.2) is 43.8 Å². The summed E-state index contributed by atoms with van der Waals surface area (Å²) in [6.07, 6.45) is 2.55. The SMILES string of the molecule is CCN1CCCC(NCc2cc(Br)c3c(c2)OCCO3)C1. The molecule has 21 heavy (non-hydrogen) atoms. The summed E-state index contributed by atoms with van der Waals surface area (Å²) in [5.41, 5.74) is 1.24. The number of piperidine rings is 1. The predicted octanol–water partition coefficient (Wildman–Crippen LogP) is 2.79. The summed E-state index contributed by atoms with van der Waals surface area (Å²) in [6, 6.07) is 4.80. The number of nitrogens with one attached hydrogen (secondary N) is 1. The fourth-order valence-corrected chi connectivity index (χ4v) is 3.64. The highest BCUT2D eigenvalue weighted by Gasteiger charge is 2.19. The van der Waals surface area contributed by atoms with Crippen molar-refractivity contribution in [2.24, 2.45) is 0 Å². The van der Waals surface area contributed by atoms with Crippen molar-refractivity contribution in [1.29, 1.82) is 0 Å². The van der Waals surface area contributed by atoms with E-state index < -0.39 is 0 Å². The largest absolute Gasteiger partial charge is 0.486 e. The number of benzene rings is 1. The van der Waals surface area contributed by atoms with Crippen LogP contribution in [0.5, 0.6) is 11.5 Å². The van der Waals surface area contributed by atoms with Crippen LogP contribution in [0.2, 0.25) is 0 Å². The quantitative estimate of drug-likeness (QED) is 0.901. The molecule has 0 aromatic heterocycles. The molecule has 0 amide bonds. The van der Waals surface area contributed by atoms with Gasteiger partial charge in [-0.1, -0.05) is 6.92 Å². The van der Waals surface area contributed by atoms with Gasteiger partial charge in [-0.15, -0.1) is 0 Å². The van der Waals surface area contributed by atoms with Crippen LogP contribution in [0.15, 0.2) is 16.6 Å². The summed E-state index contributed by atoms with van der Waals surface area (Å²) in [7, 11) is 0. The van der Waals surface area contributed by atoms with Crippen LogP contribution in [-0.2, 0) is 6.54 Å². The van der Waals surface area contributed by atoms with Crippen LogP contribution in [0.4, 0.5) is 0 Å². The number of fused-ring (bicyclic) bond motifs is 1. The lowest BCUT2D eigenvalue weighted by Crippen LogP contribution is -2.45. The first kappa shape index (κ1) is 15.1. The average Bonchev–Trinajstić information content (AvgIpc) is 2.53. The second-order valence-electron chi connectivity index (χ2n) is 5.72. The van der Waals surface area contributed by atoms with E-state index in [2.05, 4.69) is 45.2 Å². The minimum atomic E-state index is 0.589. The van der Waals surface area contributed by atoms with Gasteiger partial charge in [0.05, 0.1) is 4.47 Å². The maximum atomic E-state index is 5.68. The smallest absolute Gasteiger partial charge is 0.175 e. The number of rotatable bonds is 4. The summed E-state index contributed by atoms with van der Waals surface area (Å²) in [5, 5.41) is 3.68. The number of halogens is 1. The third kappa shape index (κ3) is 3.71. The Bertz CT molecular complexity index is 495. The average molecular weight is 355 g/mol. The molecular formula is C16H23BrN2O2. The zero-order valence-electron chi connectivity index (χ0n) is 12.5. The minimum absolute atomic E-state index is 0.589. The third-order valence-corrected chi connectivity index (χ3v) is 4.79. The lowest BCUT2D eigenvalue weighted by Gasteiger charge is -2.32. The maximum Gasteiger partial charge on any atom is 0.175 e. The number of likely N-dealkylation sites (tertiary alicyclic amines) is 1. The zero-order valence-corrected chi connectivity index (χ0v) is 14.1. The molecule has 1 fully saturated rings. The van der Waals surface area contributed by atoms with Crippen LogP contribution >= 0.6 is 15.9 Å². The van der Waals surface area contributed by atoms with Crippen molar-refractivity contribution in [2.75, 3.05) is 32.8 Å². The van der Waals surface area contributed by atoms with Gasteiger partial charge in [0, 0.05) is 19.1 Å². The van der Waals surface area contributed by atoms with Crippen molar-refractivity contribution in [3.8, 4) is 11.5 Å². The van der Waals surface area contributed by atoms with Crippen LogP contribution in [0.25, 0.3) is 0 Å². The Balaban J connectivity index is 1.61. The summed E-state index contributed by atoms with van der Waals surface area (Å²) < 4.78 is 12.3. The van der Waals surface area contributed by atoms with Crippen LogP contribution in [0.1, 0.15) is 25.3 Å². The molecular weight excluding hydrogens is 332 g/mol. The molecule has 0 radical (unpaired) electrons. The molecule has 1 atom stereocenters. The molecule has 116 valence electrons. The molecule has 2 heterocycles. The number of nitrogens with zero attached hydrogens (tertiary/aromatic N) is 1. The Morgan fingerprint density at radius 1 is 1.33 bits per heavy atom. The highest BCUT2D eigenvalue weighted by atomic mass is 79.9. The Labute approximate surface area is 134 Å². The van der Waals surface area contributed by atoms with E-state index >= 15 is 0 Å². The van der Waals surface area contributed by atoms with Gasteiger partial charge >= 0.3 is 0 Å². The molecule has 2 aliphatic rings. The fourth-order valence-electron chi connectivity index (χ4n) is 3.04. The van der Waals surface area contributed by atoms with Gasteiger partial charge in [-0.2, -0.15) is 0 Å². The molecule has 3 rings (SSSR count). The van der Waals surface area contributed by atoms with E-state index in [-0.39, 0.29) is 0 Å². The molecule has 1 unspecified atom stereocenters. The minimum Gasteiger partial charge on any atom is -0.486 e. The fraction of sp³-hybridized carbons (Fsp3) is 0.625. The second-order valence-corrected chi connectivity index (χ2v) is 6.57. The Morgan fingerprint density at radius 2 is 2.19 bits per heavy atom. The predicted molar refractivity (Wildman–Crippen MR) is 87.1 cm³/mol. The molecule has 1 aromatic carbocycles. The normalized spacial score (nSPS) is 22.3. The van der Waals surface area contributed by atoms with Gasteiger partial charge < -0.3 is 19.7 Å². The monoisotopic (exact) mass is 354 g/mol. The first-order chi connectivity index (χ1) is 10.3. The van der Waals surface area contributed by atoms with E-state index in [4.69, 9.17) is 9.47 Å². The Hall–Kier alpha value is -0.780. The molecule has 2 aliphatic heterocycles. The lowest BCUT2D eigenvalue weighted by atomic mass is 10.1. The van der Waals surface area contributed by atoms with E-state index in [1.165, 1.54) is 24.9 Å². The lowest BCUT2D eigenvalue weighted by molar-refractivity contribution is 0.170.